The summed E-state index contributed by atoms with van der Waals surface area (Å²) in [6.45, 7) is 2.17. The maximum Gasteiger partial charge on any atom is 0.0570 e. The van der Waals surface area contributed by atoms with Crippen molar-refractivity contribution in [1.82, 2.24) is 4.90 Å². The molecule has 0 aliphatic carbocycles. The van der Waals surface area contributed by atoms with Gasteiger partial charge in [-0.05, 0) is 54.5 Å². The van der Waals surface area contributed by atoms with Gasteiger partial charge in [-0.3, -0.25) is 4.90 Å². The highest BCUT2D eigenvalue weighted by Crippen LogP contribution is 2.43. The van der Waals surface area contributed by atoms with E-state index in [1.54, 1.807) is 11.3 Å². The molecular formula is C15H24N2OS. The fourth-order valence-electron chi connectivity index (χ4n) is 3.95. The molecule has 4 heteroatoms. The molecule has 3 nitrogen and oxygen atoms in total. The fraction of sp³-hybridized carbons (Fsp3) is 0.733. The minimum Gasteiger partial charge on any atom is -0.393 e. The van der Waals surface area contributed by atoms with E-state index in [9.17, 15) is 5.11 Å². The van der Waals surface area contributed by atoms with Crippen LogP contribution in [0.4, 0.5) is 0 Å². The highest BCUT2D eigenvalue weighted by atomic mass is 32.1. The summed E-state index contributed by atoms with van der Waals surface area (Å²) in [6.07, 6.45) is 5.19. The van der Waals surface area contributed by atoms with Gasteiger partial charge in [0.1, 0.15) is 0 Å². The van der Waals surface area contributed by atoms with Crippen molar-refractivity contribution in [2.75, 3.05) is 0 Å². The average Bonchev–Trinajstić information content (AvgIpc) is 2.99. The van der Waals surface area contributed by atoms with Gasteiger partial charge in [0.05, 0.1) is 12.1 Å². The molecule has 1 aromatic rings. The van der Waals surface area contributed by atoms with Gasteiger partial charge in [-0.15, -0.1) is 0 Å². The second-order valence-electron chi connectivity index (χ2n) is 6.03. The zero-order valence-electron chi connectivity index (χ0n) is 11.5. The summed E-state index contributed by atoms with van der Waals surface area (Å²) in [6, 6.07) is 3.79. The molecule has 19 heavy (non-hydrogen) atoms. The largest absolute Gasteiger partial charge is 0.393 e. The first kappa shape index (κ1) is 13.6. The molecule has 3 N–H and O–H groups in total. The smallest absolute Gasteiger partial charge is 0.0570 e. The van der Waals surface area contributed by atoms with Gasteiger partial charge < -0.3 is 10.8 Å². The van der Waals surface area contributed by atoms with Gasteiger partial charge in [0.2, 0.25) is 0 Å². The fourth-order valence-corrected chi connectivity index (χ4v) is 4.64. The summed E-state index contributed by atoms with van der Waals surface area (Å²) in [4.78, 5) is 2.63. The number of nitrogens with zero attached hydrogens (tertiary/aromatic N) is 1. The summed E-state index contributed by atoms with van der Waals surface area (Å²) in [5, 5.41) is 14.3. The number of nitrogens with two attached hydrogens (primary N) is 1. The predicted octanol–water partition coefficient (Wildman–Crippen LogP) is 2.51. The average molecular weight is 280 g/mol. The monoisotopic (exact) mass is 280 g/mol. The molecule has 2 aliphatic rings. The van der Waals surface area contributed by atoms with Crippen molar-refractivity contribution in [2.45, 2.75) is 69.3 Å². The zero-order chi connectivity index (χ0) is 13.4. The van der Waals surface area contributed by atoms with Crippen molar-refractivity contribution in [2.24, 2.45) is 5.73 Å². The van der Waals surface area contributed by atoms with E-state index in [0.717, 1.165) is 19.3 Å². The standard InChI is InChI=1S/C15H24N2OS/c1-2-14(16)15(10-5-6-19-9-10)17-11-3-4-12(17)8-13(18)7-11/h5-6,9,11-15,18H,2-4,7-8,16H2,1H3. The van der Waals surface area contributed by atoms with E-state index in [2.05, 4.69) is 28.7 Å². The number of hydrogen-bond acceptors (Lipinski definition) is 4. The van der Waals surface area contributed by atoms with E-state index in [4.69, 9.17) is 5.73 Å². The Bertz CT molecular complexity index is 394. The third kappa shape index (κ3) is 2.47. The van der Waals surface area contributed by atoms with Crippen molar-refractivity contribution in [3.05, 3.63) is 22.4 Å². The van der Waals surface area contributed by atoms with Gasteiger partial charge in [0.15, 0.2) is 0 Å². The van der Waals surface area contributed by atoms with Crippen LogP contribution in [0.3, 0.4) is 0 Å². The molecule has 2 saturated heterocycles. The van der Waals surface area contributed by atoms with E-state index in [-0.39, 0.29) is 12.1 Å². The molecule has 2 fully saturated rings. The molecule has 3 rings (SSSR count). The van der Waals surface area contributed by atoms with Crippen LogP contribution in [0.25, 0.3) is 0 Å². The molecule has 3 heterocycles. The lowest BCUT2D eigenvalue weighted by Gasteiger charge is -2.44. The van der Waals surface area contributed by atoms with Gasteiger partial charge in [-0.25, -0.2) is 0 Å². The normalized spacial score (nSPS) is 34.4. The Kier molecular flexibility index (Phi) is 3.94. The van der Waals surface area contributed by atoms with Crippen molar-refractivity contribution in [1.29, 1.82) is 0 Å². The molecule has 2 bridgehead atoms. The van der Waals surface area contributed by atoms with E-state index >= 15 is 0 Å². The first-order valence-electron chi connectivity index (χ1n) is 7.44. The number of piperidine rings is 1. The summed E-state index contributed by atoms with van der Waals surface area (Å²) in [5.41, 5.74) is 7.79. The van der Waals surface area contributed by atoms with E-state index in [1.165, 1.54) is 18.4 Å². The van der Waals surface area contributed by atoms with Crippen LogP contribution < -0.4 is 5.73 Å². The molecule has 4 atom stereocenters. The number of hydrogen-bond donors (Lipinski definition) is 2. The molecule has 4 unspecified atom stereocenters. The maximum absolute atomic E-state index is 9.96. The molecule has 0 aromatic carbocycles. The van der Waals surface area contributed by atoms with Crippen LogP contribution in [-0.4, -0.2) is 34.2 Å². The van der Waals surface area contributed by atoms with Crippen LogP contribution in [0.1, 0.15) is 50.6 Å². The van der Waals surface area contributed by atoms with E-state index in [0.29, 0.717) is 18.1 Å². The number of fused-ring (bicyclic) bond motifs is 2. The summed E-state index contributed by atoms with van der Waals surface area (Å²) >= 11 is 1.75. The number of aliphatic hydroxyl groups is 1. The van der Waals surface area contributed by atoms with Crippen molar-refractivity contribution >= 4 is 11.3 Å². The lowest BCUT2D eigenvalue weighted by Crippen LogP contribution is -2.51. The molecule has 0 amide bonds. The Hall–Kier alpha value is -0.420. The quantitative estimate of drug-likeness (QED) is 0.891. The number of thiophene rings is 1. The van der Waals surface area contributed by atoms with Crippen LogP contribution in [0, 0.1) is 0 Å². The van der Waals surface area contributed by atoms with Gasteiger partial charge in [0, 0.05) is 18.1 Å². The first-order chi connectivity index (χ1) is 9.20. The van der Waals surface area contributed by atoms with Gasteiger partial charge in [-0.1, -0.05) is 6.92 Å². The van der Waals surface area contributed by atoms with E-state index in [1.807, 2.05) is 0 Å². The molecule has 1 aromatic heterocycles. The summed E-state index contributed by atoms with van der Waals surface area (Å²) in [5.74, 6) is 0. The highest BCUT2D eigenvalue weighted by Gasteiger charge is 2.45. The Morgan fingerprint density at radius 1 is 1.42 bits per heavy atom. The third-order valence-corrected chi connectivity index (χ3v) is 5.55. The zero-order valence-corrected chi connectivity index (χ0v) is 12.4. The predicted molar refractivity (Wildman–Crippen MR) is 79.2 cm³/mol. The van der Waals surface area contributed by atoms with Gasteiger partial charge >= 0.3 is 0 Å². The van der Waals surface area contributed by atoms with Gasteiger partial charge in [-0.2, -0.15) is 11.3 Å². The lowest BCUT2D eigenvalue weighted by molar-refractivity contribution is 0.00243. The minimum absolute atomic E-state index is 0.102. The van der Waals surface area contributed by atoms with Crippen LogP contribution >= 0.6 is 11.3 Å². The van der Waals surface area contributed by atoms with Crippen molar-refractivity contribution in [3.63, 3.8) is 0 Å². The molecule has 106 valence electrons. The van der Waals surface area contributed by atoms with Crippen LogP contribution in [0.15, 0.2) is 16.8 Å². The topological polar surface area (TPSA) is 49.5 Å². The number of aliphatic hydroxyl groups excluding tert-OH is 1. The van der Waals surface area contributed by atoms with Crippen LogP contribution in [-0.2, 0) is 0 Å². The van der Waals surface area contributed by atoms with E-state index < -0.39 is 0 Å². The minimum atomic E-state index is -0.102. The molecule has 0 saturated carbocycles. The molecule has 0 spiro atoms. The lowest BCUT2D eigenvalue weighted by atomic mass is 9.91. The summed E-state index contributed by atoms with van der Waals surface area (Å²) < 4.78 is 0. The van der Waals surface area contributed by atoms with Crippen molar-refractivity contribution in [3.8, 4) is 0 Å². The Labute approximate surface area is 119 Å². The van der Waals surface area contributed by atoms with Crippen LogP contribution in [0.5, 0.6) is 0 Å². The highest BCUT2D eigenvalue weighted by molar-refractivity contribution is 7.07. The van der Waals surface area contributed by atoms with Crippen molar-refractivity contribution < 1.29 is 5.11 Å². The molecular weight excluding hydrogens is 256 g/mol. The summed E-state index contributed by atoms with van der Waals surface area (Å²) in [7, 11) is 0. The number of rotatable bonds is 4. The molecule has 2 aliphatic heterocycles. The SMILES string of the molecule is CCC(N)C(c1ccsc1)N1C2CCC1CC(O)C2. The van der Waals surface area contributed by atoms with Gasteiger partial charge in [0.25, 0.3) is 0 Å². The third-order valence-electron chi connectivity index (χ3n) is 4.85. The Morgan fingerprint density at radius 3 is 2.63 bits per heavy atom. The maximum atomic E-state index is 9.96. The Balaban J connectivity index is 1.88. The first-order valence-corrected chi connectivity index (χ1v) is 8.38. The van der Waals surface area contributed by atoms with Crippen LogP contribution in [0.2, 0.25) is 0 Å². The molecule has 0 radical (unpaired) electrons. The second-order valence-corrected chi connectivity index (χ2v) is 6.81. The second kappa shape index (κ2) is 5.52. The Morgan fingerprint density at radius 2 is 2.11 bits per heavy atom.